The van der Waals surface area contributed by atoms with Gasteiger partial charge in [-0.3, -0.25) is 33.7 Å². The second-order valence-corrected chi connectivity index (χ2v) is 21.4. The molecule has 4 aromatic heterocycles. The smallest absolute Gasteiger partial charge is 0.329 e. The fourth-order valence-corrected chi connectivity index (χ4v) is 12.7. The van der Waals surface area contributed by atoms with E-state index in [0.717, 1.165) is 102 Å². The van der Waals surface area contributed by atoms with Gasteiger partial charge in [-0.1, -0.05) is 35.9 Å². The number of likely N-dealkylation sites (tertiary alicyclic amines) is 1. The summed E-state index contributed by atoms with van der Waals surface area (Å²) in [5.74, 6) is 2.39. The average Bonchev–Trinajstić information content (AvgIpc) is 3.82. The van der Waals surface area contributed by atoms with E-state index in [1.54, 1.807) is 21.8 Å². The van der Waals surface area contributed by atoms with Crippen molar-refractivity contribution in [1.29, 1.82) is 0 Å². The van der Waals surface area contributed by atoms with E-state index < -0.39 is 11.9 Å². The van der Waals surface area contributed by atoms with Gasteiger partial charge in [-0.15, -0.1) is 0 Å². The van der Waals surface area contributed by atoms with Crippen molar-refractivity contribution in [2.24, 2.45) is 31.8 Å². The number of carbonyl (C=O) groups is 3. The van der Waals surface area contributed by atoms with Gasteiger partial charge in [0.1, 0.15) is 17.5 Å². The summed E-state index contributed by atoms with van der Waals surface area (Å²) in [5, 5.41) is 3.54. The zero-order chi connectivity index (χ0) is 48.6. The Morgan fingerprint density at radius 1 is 0.800 bits per heavy atom. The first-order valence-electron chi connectivity index (χ1n) is 26.1. The number of allylic oxidation sites excluding steroid dienone is 2. The Bertz CT molecular complexity index is 3000. The van der Waals surface area contributed by atoms with Gasteiger partial charge in [-0.25, -0.2) is 14.8 Å². The molecule has 70 heavy (non-hydrogen) atoms. The number of nitrogens with two attached hydrogens (primary N) is 1. The summed E-state index contributed by atoms with van der Waals surface area (Å²) in [5.41, 5.74) is 17.9. The first-order chi connectivity index (χ1) is 33.9. The first-order valence-corrected chi connectivity index (χ1v) is 26.1. The number of nitrogen functional groups attached to an aromatic ring is 1. The molecule has 1 unspecified atom stereocenters. The Morgan fingerprint density at radius 2 is 1.56 bits per heavy atom. The Morgan fingerprint density at radius 3 is 2.30 bits per heavy atom. The molecule has 4 aliphatic rings. The highest BCUT2D eigenvalue weighted by Crippen LogP contribution is 2.39. The average molecular weight is 943 g/mol. The highest BCUT2D eigenvalue weighted by Gasteiger charge is 2.32. The van der Waals surface area contributed by atoms with Gasteiger partial charge in [-0.2, -0.15) is 0 Å². The van der Waals surface area contributed by atoms with Gasteiger partial charge in [0.05, 0.1) is 11.0 Å². The molecule has 12 heteroatoms. The van der Waals surface area contributed by atoms with Crippen LogP contribution in [-0.4, -0.2) is 59.3 Å². The fourth-order valence-electron chi connectivity index (χ4n) is 12.7. The van der Waals surface area contributed by atoms with E-state index in [1.807, 2.05) is 24.5 Å². The molecule has 6 heterocycles. The number of imidazole rings is 1. The van der Waals surface area contributed by atoms with E-state index in [2.05, 4.69) is 95.3 Å². The first kappa shape index (κ1) is 47.5. The quantitative estimate of drug-likeness (QED) is 0.0699. The minimum Gasteiger partial charge on any atom is -0.384 e. The molecule has 0 bridgehead atoms. The van der Waals surface area contributed by atoms with Crippen molar-refractivity contribution in [3.05, 3.63) is 123 Å². The number of anilines is 1. The number of imide groups is 1. The number of aromatic nitrogens is 5. The van der Waals surface area contributed by atoms with Gasteiger partial charge in [0.2, 0.25) is 11.8 Å². The maximum absolute atomic E-state index is 13.6. The van der Waals surface area contributed by atoms with E-state index in [9.17, 15) is 19.2 Å². The number of Topliss-reactive ketones (excluding diaryl/α,β-unsaturated/α-hetero) is 1. The van der Waals surface area contributed by atoms with Crippen molar-refractivity contribution in [3.8, 4) is 11.1 Å². The molecular weight excluding hydrogens is 873 g/mol. The van der Waals surface area contributed by atoms with Gasteiger partial charge in [0.15, 0.2) is 5.78 Å². The van der Waals surface area contributed by atoms with E-state index in [0.29, 0.717) is 48.1 Å². The van der Waals surface area contributed by atoms with Crippen LogP contribution in [0.4, 0.5) is 5.82 Å². The van der Waals surface area contributed by atoms with E-state index >= 15 is 0 Å². The van der Waals surface area contributed by atoms with Crippen molar-refractivity contribution >= 4 is 45.5 Å². The van der Waals surface area contributed by atoms with E-state index in [-0.39, 0.29) is 24.1 Å². The minimum atomic E-state index is -0.672. The predicted molar refractivity (Wildman–Crippen MR) is 277 cm³/mol. The molecule has 366 valence electrons. The summed E-state index contributed by atoms with van der Waals surface area (Å²) in [6.07, 6.45) is 22.4. The number of nitrogens with one attached hydrogen (secondary N) is 1. The van der Waals surface area contributed by atoms with Crippen molar-refractivity contribution < 1.29 is 14.4 Å². The molecule has 3 N–H and O–H groups in total. The van der Waals surface area contributed by atoms with Crippen molar-refractivity contribution in [1.82, 2.24) is 33.9 Å². The van der Waals surface area contributed by atoms with Gasteiger partial charge >= 0.3 is 5.69 Å². The Balaban J connectivity index is 0.667. The maximum Gasteiger partial charge on any atom is 0.329 e. The molecule has 2 saturated heterocycles. The summed E-state index contributed by atoms with van der Waals surface area (Å²) in [6.45, 7) is 6.47. The van der Waals surface area contributed by atoms with Gasteiger partial charge < -0.3 is 10.3 Å². The third-order valence-corrected chi connectivity index (χ3v) is 17.0. The summed E-state index contributed by atoms with van der Waals surface area (Å²) in [7, 11) is 3.89. The fraction of sp³-hybridized carbons (Fsp3) is 0.483. The molecule has 10 rings (SSSR count). The van der Waals surface area contributed by atoms with Crippen LogP contribution >= 0.6 is 0 Å². The third kappa shape index (κ3) is 9.81. The van der Waals surface area contributed by atoms with Crippen LogP contribution < -0.4 is 16.7 Å². The molecule has 2 aliphatic heterocycles. The van der Waals surface area contributed by atoms with Gasteiger partial charge in [0.25, 0.3) is 0 Å². The maximum atomic E-state index is 13.6. The standard InChI is InChI=1S/C58H70N8O4/c1-36-29-52-51(64(4)58(70)66(52)49-20-22-55(68)62-57(49)69)33-46(36)31-39-9-5-7-38(8-6-10-39)30-40-11-13-41(14-12-40)32-53(67)44-17-15-42(16-18-44)43-24-27-65(28-25-43)37(2)50-34-48-47(23-26-60-56(48)63(50)3)45-19-21-54(59)61-35-45/h7,15-19,21,23,26,29,33-35,37,39-41,43,49H,5-6,8-14,20,22,24-25,27-28,30-32H2,1-4H3,(H2,59,61)(H,62,68,69)/b38-7-/t37-,39-,40?,41?,49?/m0/s1. The molecule has 1 saturated carbocycles. The molecule has 2 amide bonds. The zero-order valence-corrected chi connectivity index (χ0v) is 41.6. The second-order valence-electron chi connectivity index (χ2n) is 21.4. The molecular formula is C58H70N8O4. The van der Waals surface area contributed by atoms with Gasteiger partial charge in [-0.05, 0) is 199 Å². The van der Waals surface area contributed by atoms with Crippen LogP contribution in [0, 0.1) is 24.7 Å². The number of hydrogen-bond donors (Lipinski definition) is 2. The van der Waals surface area contributed by atoms with Crippen molar-refractivity contribution in [3.63, 3.8) is 0 Å². The van der Waals surface area contributed by atoms with E-state index in [1.165, 1.54) is 55.3 Å². The second kappa shape index (κ2) is 20.3. The lowest BCUT2D eigenvalue weighted by molar-refractivity contribution is -0.135. The molecule has 0 radical (unpaired) electrons. The predicted octanol–water partition coefficient (Wildman–Crippen LogP) is 10.6. The number of hydrogen-bond acceptors (Lipinski definition) is 8. The number of piperidine rings is 2. The van der Waals surface area contributed by atoms with Crippen LogP contribution in [0.2, 0.25) is 0 Å². The lowest BCUT2D eigenvalue weighted by Crippen LogP contribution is -2.44. The lowest BCUT2D eigenvalue weighted by atomic mass is 9.76. The summed E-state index contributed by atoms with van der Waals surface area (Å²) >= 11 is 0. The van der Waals surface area contributed by atoms with E-state index in [4.69, 9.17) is 10.7 Å². The van der Waals surface area contributed by atoms with Crippen LogP contribution in [0.25, 0.3) is 33.2 Å². The minimum absolute atomic E-state index is 0.219. The topological polar surface area (TPSA) is 150 Å². The Hall–Kier alpha value is -6.14. The molecule has 3 fully saturated rings. The SMILES string of the molecule is Cc1cc2c(cc1C[C@H]1CC/C=C(\CC3CCC(CC(=O)c4ccc(C5CCN([C@@H](C)c6cc7c(-c8ccc(N)nc8)ccnc7n6C)CC5)cc4)CC3)CCC1)n(C)c(=O)n2C1CCC(=O)NC1=O. The number of rotatable bonds is 12. The Kier molecular flexibility index (Phi) is 13.8. The number of benzene rings is 2. The van der Waals surface area contributed by atoms with Crippen molar-refractivity contribution in [2.75, 3.05) is 18.8 Å². The number of nitrogens with zero attached hydrogens (tertiary/aromatic N) is 6. The number of fused-ring (bicyclic) bond motifs is 2. The van der Waals surface area contributed by atoms with Crippen LogP contribution in [0.5, 0.6) is 0 Å². The Labute approximate surface area is 411 Å². The molecule has 12 nitrogen and oxygen atoms in total. The normalized spacial score (nSPS) is 23.2. The van der Waals surface area contributed by atoms with Crippen LogP contribution in [-0.2, 0) is 30.1 Å². The number of carbonyl (C=O) groups excluding carboxylic acids is 3. The number of aryl methyl sites for hydroxylation is 3. The van der Waals surface area contributed by atoms with Gasteiger partial charge in [0, 0.05) is 67.6 Å². The monoisotopic (exact) mass is 943 g/mol. The molecule has 3 atom stereocenters. The van der Waals surface area contributed by atoms with Crippen LogP contribution in [0.3, 0.4) is 0 Å². The number of pyridine rings is 2. The molecule has 2 aliphatic carbocycles. The highest BCUT2D eigenvalue weighted by atomic mass is 16.2. The molecule has 2 aromatic carbocycles. The highest BCUT2D eigenvalue weighted by molar-refractivity contribution is 6.00. The number of amides is 2. The lowest BCUT2D eigenvalue weighted by Gasteiger charge is -2.36. The number of ketones is 1. The summed E-state index contributed by atoms with van der Waals surface area (Å²) in [4.78, 5) is 63.2. The van der Waals surface area contributed by atoms with Crippen LogP contribution in [0.15, 0.2) is 89.5 Å². The molecule has 6 aromatic rings. The largest absolute Gasteiger partial charge is 0.384 e. The van der Waals surface area contributed by atoms with Crippen LogP contribution in [0.1, 0.15) is 154 Å². The molecule has 0 spiro atoms. The summed E-state index contributed by atoms with van der Waals surface area (Å²) in [6, 6.07) is 20.7. The van der Waals surface area contributed by atoms with Crippen molar-refractivity contribution in [2.45, 2.75) is 135 Å². The third-order valence-electron chi connectivity index (χ3n) is 17.0. The summed E-state index contributed by atoms with van der Waals surface area (Å²) < 4.78 is 5.47. The zero-order valence-electron chi connectivity index (χ0n) is 41.6.